The van der Waals surface area contributed by atoms with Crippen LogP contribution in [0.1, 0.15) is 18.4 Å². The van der Waals surface area contributed by atoms with Gasteiger partial charge in [-0.25, -0.2) is 9.78 Å². The maximum Gasteiger partial charge on any atom is 0.319 e. The quantitative estimate of drug-likeness (QED) is 0.878. The number of benzene rings is 1. The van der Waals surface area contributed by atoms with Crippen LogP contribution in [0.15, 0.2) is 48.7 Å². The van der Waals surface area contributed by atoms with Crippen molar-refractivity contribution in [2.45, 2.75) is 25.5 Å². The maximum atomic E-state index is 12.2. The zero-order chi connectivity index (χ0) is 17.5. The Hall–Kier alpha value is -2.60. The Morgan fingerprint density at radius 1 is 1.24 bits per heavy atom. The van der Waals surface area contributed by atoms with E-state index in [4.69, 9.17) is 4.74 Å². The van der Waals surface area contributed by atoms with Crippen molar-refractivity contribution in [1.29, 1.82) is 0 Å². The Morgan fingerprint density at radius 2 is 2.00 bits per heavy atom. The van der Waals surface area contributed by atoms with Crippen LogP contribution in [0.5, 0.6) is 5.88 Å². The van der Waals surface area contributed by atoms with Gasteiger partial charge in [-0.3, -0.25) is 0 Å². The number of nitrogens with one attached hydrogen (secondary N) is 2. The van der Waals surface area contributed by atoms with Gasteiger partial charge >= 0.3 is 6.03 Å². The Morgan fingerprint density at radius 3 is 2.76 bits per heavy atom. The molecule has 2 N–H and O–H groups in total. The van der Waals surface area contributed by atoms with Crippen molar-refractivity contribution in [3.63, 3.8) is 0 Å². The Kier molecular flexibility index (Phi) is 5.85. The second-order valence-corrected chi connectivity index (χ2v) is 6.33. The van der Waals surface area contributed by atoms with E-state index in [9.17, 15) is 4.79 Å². The second kappa shape index (κ2) is 8.48. The van der Waals surface area contributed by atoms with Gasteiger partial charge in [-0.2, -0.15) is 0 Å². The zero-order valence-electron chi connectivity index (χ0n) is 14.4. The van der Waals surface area contributed by atoms with E-state index in [1.165, 1.54) is 0 Å². The molecular weight excluding hydrogens is 316 g/mol. The molecule has 1 aliphatic heterocycles. The molecule has 1 aromatic heterocycles. The maximum absolute atomic E-state index is 12.2. The summed E-state index contributed by atoms with van der Waals surface area (Å²) in [5, 5.41) is 5.88. The van der Waals surface area contributed by atoms with Gasteiger partial charge < -0.3 is 20.3 Å². The lowest BCUT2D eigenvalue weighted by Gasteiger charge is -2.29. The molecule has 2 heterocycles. The first-order valence-electron chi connectivity index (χ1n) is 8.58. The van der Waals surface area contributed by atoms with Gasteiger partial charge in [0.1, 0.15) is 6.61 Å². The summed E-state index contributed by atoms with van der Waals surface area (Å²) in [5.74, 6) is 0.487. The van der Waals surface area contributed by atoms with Crippen molar-refractivity contribution in [2.24, 2.45) is 0 Å². The molecule has 0 saturated carbocycles. The Balaban J connectivity index is 1.50. The third-order valence-electron chi connectivity index (χ3n) is 4.28. The number of hydrogen-bond acceptors (Lipinski definition) is 4. The standard InChI is InChI=1S/C19H24N4O2/c1-23-11-8-16(9-12-23)21-19(24)22-17-7-10-20-18(13-17)25-14-15-5-3-2-4-6-15/h2-7,10,13,16H,8-9,11-12,14H2,1H3,(H2,20,21,22,24). The van der Waals surface area contributed by atoms with Gasteiger partial charge in [0, 0.05) is 24.0 Å². The van der Waals surface area contributed by atoms with Gasteiger partial charge in [-0.1, -0.05) is 30.3 Å². The summed E-state index contributed by atoms with van der Waals surface area (Å²) in [4.78, 5) is 18.6. The zero-order valence-corrected chi connectivity index (χ0v) is 14.4. The smallest absolute Gasteiger partial charge is 0.319 e. The fourth-order valence-electron chi connectivity index (χ4n) is 2.80. The number of amides is 2. The fourth-order valence-corrected chi connectivity index (χ4v) is 2.80. The number of carbonyl (C=O) groups is 1. The van der Waals surface area contributed by atoms with Crippen LogP contribution in [0, 0.1) is 0 Å². The molecule has 1 aromatic carbocycles. The highest BCUT2D eigenvalue weighted by molar-refractivity contribution is 5.89. The van der Waals surface area contributed by atoms with E-state index in [1.54, 1.807) is 18.3 Å². The predicted molar refractivity (Wildman–Crippen MR) is 97.7 cm³/mol. The number of pyridine rings is 1. The van der Waals surface area contributed by atoms with Gasteiger partial charge in [0.05, 0.1) is 0 Å². The molecule has 6 heteroatoms. The Labute approximate surface area is 148 Å². The average Bonchev–Trinajstić information content (AvgIpc) is 2.63. The van der Waals surface area contributed by atoms with Crippen LogP contribution in [-0.2, 0) is 6.61 Å². The van der Waals surface area contributed by atoms with Crippen molar-refractivity contribution in [3.8, 4) is 5.88 Å². The number of nitrogens with zero attached hydrogens (tertiary/aromatic N) is 2. The third-order valence-corrected chi connectivity index (χ3v) is 4.28. The molecule has 1 fully saturated rings. The number of rotatable bonds is 5. The Bertz CT molecular complexity index is 685. The fraction of sp³-hybridized carbons (Fsp3) is 0.368. The molecule has 1 saturated heterocycles. The molecule has 2 amide bonds. The number of urea groups is 1. The molecule has 0 aliphatic carbocycles. The number of likely N-dealkylation sites (tertiary alicyclic amines) is 1. The van der Waals surface area contributed by atoms with Crippen LogP contribution in [0.3, 0.4) is 0 Å². The van der Waals surface area contributed by atoms with Crippen molar-refractivity contribution in [1.82, 2.24) is 15.2 Å². The minimum absolute atomic E-state index is 0.185. The highest BCUT2D eigenvalue weighted by Crippen LogP contribution is 2.16. The summed E-state index contributed by atoms with van der Waals surface area (Å²) in [7, 11) is 2.10. The van der Waals surface area contributed by atoms with E-state index in [0.29, 0.717) is 18.2 Å². The molecule has 1 aliphatic rings. The molecule has 0 spiro atoms. The van der Waals surface area contributed by atoms with E-state index in [-0.39, 0.29) is 12.1 Å². The normalized spacial score (nSPS) is 15.6. The van der Waals surface area contributed by atoms with E-state index in [2.05, 4.69) is 27.6 Å². The number of piperidine rings is 1. The number of ether oxygens (including phenoxy) is 1. The highest BCUT2D eigenvalue weighted by Gasteiger charge is 2.18. The molecule has 0 atom stereocenters. The molecule has 2 aromatic rings. The van der Waals surface area contributed by atoms with Crippen LogP contribution < -0.4 is 15.4 Å². The van der Waals surface area contributed by atoms with Crippen LogP contribution in [0.4, 0.5) is 10.5 Å². The number of aromatic nitrogens is 1. The molecule has 0 radical (unpaired) electrons. The summed E-state index contributed by atoms with van der Waals surface area (Å²) < 4.78 is 5.69. The molecule has 6 nitrogen and oxygen atoms in total. The lowest BCUT2D eigenvalue weighted by atomic mass is 10.1. The van der Waals surface area contributed by atoms with Crippen molar-refractivity contribution >= 4 is 11.7 Å². The minimum atomic E-state index is -0.185. The topological polar surface area (TPSA) is 66.5 Å². The summed E-state index contributed by atoms with van der Waals surface area (Å²) in [6.45, 7) is 2.47. The SMILES string of the molecule is CN1CCC(NC(=O)Nc2ccnc(OCc3ccccc3)c2)CC1. The lowest BCUT2D eigenvalue weighted by Crippen LogP contribution is -2.44. The summed E-state index contributed by atoms with van der Waals surface area (Å²) >= 11 is 0. The van der Waals surface area contributed by atoms with Gasteiger partial charge in [-0.05, 0) is 44.6 Å². The largest absolute Gasteiger partial charge is 0.473 e. The van der Waals surface area contributed by atoms with Crippen molar-refractivity contribution in [3.05, 3.63) is 54.2 Å². The van der Waals surface area contributed by atoms with E-state index < -0.39 is 0 Å². The first kappa shape index (κ1) is 17.2. The van der Waals surface area contributed by atoms with Gasteiger partial charge in [0.2, 0.25) is 5.88 Å². The highest BCUT2D eigenvalue weighted by atomic mass is 16.5. The van der Waals surface area contributed by atoms with E-state index in [1.807, 2.05) is 30.3 Å². The van der Waals surface area contributed by atoms with Crippen LogP contribution >= 0.6 is 0 Å². The molecule has 3 rings (SSSR count). The second-order valence-electron chi connectivity index (χ2n) is 6.33. The van der Waals surface area contributed by atoms with Gasteiger partial charge in [0.15, 0.2) is 0 Å². The lowest BCUT2D eigenvalue weighted by molar-refractivity contribution is 0.221. The van der Waals surface area contributed by atoms with E-state index >= 15 is 0 Å². The van der Waals surface area contributed by atoms with Gasteiger partial charge in [0.25, 0.3) is 0 Å². The number of anilines is 1. The van der Waals surface area contributed by atoms with E-state index in [0.717, 1.165) is 31.5 Å². The number of carbonyl (C=O) groups excluding carboxylic acids is 1. The molecule has 0 unspecified atom stereocenters. The summed E-state index contributed by atoms with van der Waals surface area (Å²) in [6.07, 6.45) is 3.59. The number of hydrogen-bond donors (Lipinski definition) is 2. The first-order valence-corrected chi connectivity index (χ1v) is 8.58. The molecule has 0 bridgehead atoms. The third kappa shape index (κ3) is 5.46. The molecule has 25 heavy (non-hydrogen) atoms. The summed E-state index contributed by atoms with van der Waals surface area (Å²) in [5.41, 5.74) is 1.74. The van der Waals surface area contributed by atoms with Crippen molar-refractivity contribution in [2.75, 3.05) is 25.5 Å². The van der Waals surface area contributed by atoms with Gasteiger partial charge in [-0.15, -0.1) is 0 Å². The minimum Gasteiger partial charge on any atom is -0.473 e. The van der Waals surface area contributed by atoms with Crippen LogP contribution in [0.2, 0.25) is 0 Å². The van der Waals surface area contributed by atoms with Crippen LogP contribution in [-0.4, -0.2) is 42.1 Å². The average molecular weight is 340 g/mol. The first-order chi connectivity index (χ1) is 12.2. The molecular formula is C19H24N4O2. The van der Waals surface area contributed by atoms with Crippen LogP contribution in [0.25, 0.3) is 0 Å². The summed E-state index contributed by atoms with van der Waals surface area (Å²) in [6, 6.07) is 13.4. The van der Waals surface area contributed by atoms with Crippen molar-refractivity contribution < 1.29 is 9.53 Å². The monoisotopic (exact) mass is 340 g/mol. The molecule has 132 valence electrons. The predicted octanol–water partition coefficient (Wildman–Crippen LogP) is 2.88.